The summed E-state index contributed by atoms with van der Waals surface area (Å²) < 4.78 is 3.61. The minimum atomic E-state index is -0.163. The number of fused-ring (bicyclic) bond motifs is 1. The summed E-state index contributed by atoms with van der Waals surface area (Å²) in [5, 5.41) is 18.7. The molecule has 0 aliphatic carbocycles. The second-order valence-corrected chi connectivity index (χ2v) is 6.12. The first-order valence-corrected chi connectivity index (χ1v) is 7.95. The monoisotopic (exact) mass is 325 g/mol. The maximum absolute atomic E-state index is 12.8. The number of amides is 1. The van der Waals surface area contributed by atoms with Gasteiger partial charge in [-0.15, -0.1) is 10.2 Å². The number of aromatic nitrogens is 5. The summed E-state index contributed by atoms with van der Waals surface area (Å²) in [5.41, 5.74) is 2.92. The van der Waals surface area contributed by atoms with Gasteiger partial charge in [-0.1, -0.05) is 6.07 Å². The van der Waals surface area contributed by atoms with Gasteiger partial charge in [0, 0.05) is 37.9 Å². The molecule has 0 aromatic carbocycles. The molecule has 1 saturated heterocycles. The van der Waals surface area contributed by atoms with Gasteiger partial charge in [0.15, 0.2) is 5.65 Å². The number of aryl methyl sites for hydroxylation is 1. The molecule has 2 atom stereocenters. The summed E-state index contributed by atoms with van der Waals surface area (Å²) in [4.78, 5) is 12.8. The van der Waals surface area contributed by atoms with Crippen molar-refractivity contribution in [2.45, 2.75) is 12.8 Å². The normalized spacial score (nSPS) is 20.6. The predicted octanol–water partition coefficient (Wildman–Crippen LogP) is 0.713. The van der Waals surface area contributed by atoms with Crippen LogP contribution in [0.1, 0.15) is 17.2 Å². The molecular formula is C16H19N7O. The number of hydrogen-bond donors (Lipinski definition) is 2. The van der Waals surface area contributed by atoms with Crippen LogP contribution in [0.5, 0.6) is 0 Å². The summed E-state index contributed by atoms with van der Waals surface area (Å²) in [5.74, 6) is 0.345. The van der Waals surface area contributed by atoms with E-state index in [1.165, 1.54) is 0 Å². The van der Waals surface area contributed by atoms with Crippen LogP contribution >= 0.6 is 0 Å². The number of pyridine rings is 1. The molecule has 0 bridgehead atoms. The fourth-order valence-electron chi connectivity index (χ4n) is 3.29. The second-order valence-electron chi connectivity index (χ2n) is 6.12. The van der Waals surface area contributed by atoms with Crippen LogP contribution in [-0.4, -0.2) is 43.4 Å². The molecule has 1 aliphatic rings. The van der Waals surface area contributed by atoms with Crippen molar-refractivity contribution in [1.29, 1.82) is 0 Å². The quantitative estimate of drug-likeness (QED) is 0.740. The van der Waals surface area contributed by atoms with Crippen LogP contribution in [0.4, 0.5) is 5.95 Å². The fraction of sp³-hybridized carbons (Fsp3) is 0.375. The third-order valence-corrected chi connectivity index (χ3v) is 4.77. The average Bonchev–Trinajstić information content (AvgIpc) is 3.29. The molecule has 124 valence electrons. The van der Waals surface area contributed by atoms with E-state index >= 15 is 0 Å². The van der Waals surface area contributed by atoms with Crippen molar-refractivity contribution in [3.63, 3.8) is 0 Å². The summed E-state index contributed by atoms with van der Waals surface area (Å²) in [6, 6.07) is 5.62. The Kier molecular flexibility index (Phi) is 3.53. The van der Waals surface area contributed by atoms with Crippen molar-refractivity contribution in [3.05, 3.63) is 41.9 Å². The van der Waals surface area contributed by atoms with Crippen molar-refractivity contribution in [3.8, 4) is 0 Å². The van der Waals surface area contributed by atoms with Gasteiger partial charge in [0.05, 0.1) is 12.1 Å². The fourth-order valence-corrected chi connectivity index (χ4v) is 3.29. The molecule has 3 aromatic rings. The molecule has 3 aromatic heterocycles. The van der Waals surface area contributed by atoms with Crippen molar-refractivity contribution in [2.75, 3.05) is 18.4 Å². The summed E-state index contributed by atoms with van der Waals surface area (Å²) in [7, 11) is 1.92. The Morgan fingerprint density at radius 2 is 2.21 bits per heavy atom. The number of nitrogens with one attached hydrogen (secondary N) is 2. The highest BCUT2D eigenvalue weighted by Gasteiger charge is 2.36. The molecule has 1 amide bonds. The van der Waals surface area contributed by atoms with E-state index in [4.69, 9.17) is 0 Å². The van der Waals surface area contributed by atoms with Gasteiger partial charge in [-0.3, -0.25) is 19.2 Å². The Balaban J connectivity index is 1.58. The number of carbonyl (C=O) groups excluding carboxylic acids is 1. The lowest BCUT2D eigenvalue weighted by Crippen LogP contribution is -2.29. The van der Waals surface area contributed by atoms with Crippen molar-refractivity contribution < 1.29 is 4.79 Å². The maximum atomic E-state index is 12.8. The van der Waals surface area contributed by atoms with E-state index in [1.54, 1.807) is 4.40 Å². The minimum absolute atomic E-state index is 0.0496. The van der Waals surface area contributed by atoms with E-state index in [1.807, 2.05) is 49.2 Å². The van der Waals surface area contributed by atoms with Gasteiger partial charge in [-0.25, -0.2) is 0 Å². The van der Waals surface area contributed by atoms with E-state index in [2.05, 4.69) is 25.9 Å². The lowest BCUT2D eigenvalue weighted by molar-refractivity contribution is -0.119. The third-order valence-electron chi connectivity index (χ3n) is 4.77. The first-order chi connectivity index (χ1) is 11.6. The van der Waals surface area contributed by atoms with E-state index in [0.29, 0.717) is 18.1 Å². The molecule has 4 heterocycles. The molecule has 2 N–H and O–H groups in total. The molecule has 8 nitrogen and oxygen atoms in total. The first-order valence-electron chi connectivity index (χ1n) is 7.95. The maximum Gasteiger partial charge on any atom is 0.235 e. The molecule has 4 rings (SSSR count). The van der Waals surface area contributed by atoms with E-state index < -0.39 is 0 Å². The van der Waals surface area contributed by atoms with Gasteiger partial charge < -0.3 is 5.32 Å². The van der Waals surface area contributed by atoms with Crippen LogP contribution in [0.3, 0.4) is 0 Å². The zero-order valence-corrected chi connectivity index (χ0v) is 13.6. The van der Waals surface area contributed by atoms with Gasteiger partial charge >= 0.3 is 0 Å². The summed E-state index contributed by atoms with van der Waals surface area (Å²) in [6.45, 7) is 3.44. The van der Waals surface area contributed by atoms with E-state index in [-0.39, 0.29) is 17.7 Å². The molecule has 0 saturated carbocycles. The van der Waals surface area contributed by atoms with Crippen molar-refractivity contribution >= 4 is 17.5 Å². The van der Waals surface area contributed by atoms with E-state index in [9.17, 15) is 4.79 Å². The standard InChI is InChI=1S/C16H19N7O/c1-10-11(9-18-22(10)2)12-7-17-8-13(12)15(24)19-16-21-20-14-5-3-4-6-23(14)16/h3-6,9,12-13,17H,7-8H2,1-2H3,(H,19,21,24)/t12-,13+/m1/s1. The number of anilines is 1. The highest BCUT2D eigenvalue weighted by Crippen LogP contribution is 2.30. The molecule has 24 heavy (non-hydrogen) atoms. The Labute approximate surface area is 138 Å². The van der Waals surface area contributed by atoms with Crippen LogP contribution in [0.2, 0.25) is 0 Å². The molecule has 1 fully saturated rings. The molecular weight excluding hydrogens is 306 g/mol. The third kappa shape index (κ3) is 2.35. The number of rotatable bonds is 3. The predicted molar refractivity (Wildman–Crippen MR) is 88.7 cm³/mol. The Morgan fingerprint density at radius 1 is 1.33 bits per heavy atom. The zero-order chi connectivity index (χ0) is 16.7. The Bertz CT molecular complexity index is 897. The highest BCUT2D eigenvalue weighted by molar-refractivity contribution is 5.92. The van der Waals surface area contributed by atoms with Gasteiger partial charge in [0.25, 0.3) is 0 Å². The minimum Gasteiger partial charge on any atom is -0.315 e. The summed E-state index contributed by atoms with van der Waals surface area (Å²) in [6.07, 6.45) is 3.69. The second kappa shape index (κ2) is 5.72. The SMILES string of the molecule is Cc1c([C@H]2CNC[C@@H]2C(=O)Nc2nnc3ccccn23)cnn1C. The van der Waals surface area contributed by atoms with Gasteiger partial charge in [0.2, 0.25) is 11.9 Å². The Morgan fingerprint density at radius 3 is 3.00 bits per heavy atom. The van der Waals surface area contributed by atoms with E-state index in [0.717, 1.165) is 17.8 Å². The van der Waals surface area contributed by atoms with Gasteiger partial charge in [0.1, 0.15) is 0 Å². The summed E-state index contributed by atoms with van der Waals surface area (Å²) >= 11 is 0. The lowest BCUT2D eigenvalue weighted by Gasteiger charge is -2.17. The average molecular weight is 325 g/mol. The molecule has 0 unspecified atom stereocenters. The highest BCUT2D eigenvalue weighted by atomic mass is 16.2. The van der Waals surface area contributed by atoms with Crippen molar-refractivity contribution in [1.82, 2.24) is 29.7 Å². The van der Waals surface area contributed by atoms with Crippen LogP contribution in [-0.2, 0) is 11.8 Å². The van der Waals surface area contributed by atoms with Crippen molar-refractivity contribution in [2.24, 2.45) is 13.0 Å². The van der Waals surface area contributed by atoms with Gasteiger partial charge in [-0.2, -0.15) is 5.10 Å². The zero-order valence-electron chi connectivity index (χ0n) is 13.6. The van der Waals surface area contributed by atoms with Crippen LogP contribution in [0.25, 0.3) is 5.65 Å². The molecule has 0 radical (unpaired) electrons. The smallest absolute Gasteiger partial charge is 0.235 e. The number of carbonyl (C=O) groups is 1. The lowest BCUT2D eigenvalue weighted by atomic mass is 9.88. The first kappa shape index (κ1) is 14.8. The van der Waals surface area contributed by atoms with Crippen LogP contribution < -0.4 is 10.6 Å². The van der Waals surface area contributed by atoms with Crippen LogP contribution in [0.15, 0.2) is 30.6 Å². The number of hydrogen-bond acceptors (Lipinski definition) is 5. The molecule has 0 spiro atoms. The number of nitrogens with zero attached hydrogens (tertiary/aromatic N) is 5. The topological polar surface area (TPSA) is 89.1 Å². The van der Waals surface area contributed by atoms with Crippen LogP contribution in [0, 0.1) is 12.8 Å². The molecule has 8 heteroatoms. The largest absolute Gasteiger partial charge is 0.315 e. The Hall–Kier alpha value is -2.74. The van der Waals surface area contributed by atoms with Gasteiger partial charge in [-0.05, 0) is 24.6 Å². The molecule has 1 aliphatic heterocycles.